The fourth-order valence-corrected chi connectivity index (χ4v) is 5.69. The lowest BCUT2D eigenvalue weighted by atomic mass is 10.0. The van der Waals surface area contributed by atoms with Crippen molar-refractivity contribution < 1.29 is 42.9 Å². The van der Waals surface area contributed by atoms with E-state index in [1.807, 2.05) is 31.2 Å². The number of nitrogens with zero attached hydrogens (tertiary/aromatic N) is 5. The van der Waals surface area contributed by atoms with Crippen LogP contribution in [0.2, 0.25) is 0 Å². The zero-order valence-corrected chi connectivity index (χ0v) is 28.5. The molecular formula is C36H38N6O10. The van der Waals surface area contributed by atoms with Crippen molar-refractivity contribution in [3.8, 4) is 17.2 Å². The number of aromatic nitrogens is 4. The van der Waals surface area contributed by atoms with E-state index in [-0.39, 0.29) is 41.9 Å². The van der Waals surface area contributed by atoms with E-state index >= 15 is 0 Å². The average Bonchev–Trinajstić information content (AvgIpc) is 3.70. The van der Waals surface area contributed by atoms with Crippen molar-refractivity contribution in [2.75, 3.05) is 46.2 Å². The van der Waals surface area contributed by atoms with Gasteiger partial charge in [0.1, 0.15) is 36.4 Å². The zero-order chi connectivity index (χ0) is 36.5. The van der Waals surface area contributed by atoms with Gasteiger partial charge < -0.3 is 23.7 Å². The Labute approximate surface area is 298 Å². The molecule has 1 atom stereocenters. The molecule has 16 heteroatoms. The third-order valence-corrected chi connectivity index (χ3v) is 8.27. The lowest BCUT2D eigenvalue weighted by Crippen LogP contribution is -2.54. The van der Waals surface area contributed by atoms with Crippen molar-refractivity contribution in [2.24, 2.45) is 0 Å². The van der Waals surface area contributed by atoms with E-state index in [0.717, 1.165) is 16.2 Å². The van der Waals surface area contributed by atoms with Crippen LogP contribution in [0.4, 0.5) is 0 Å². The summed E-state index contributed by atoms with van der Waals surface area (Å²) in [5.74, 6) is -1.50. The van der Waals surface area contributed by atoms with Crippen LogP contribution in [-0.4, -0.2) is 100 Å². The van der Waals surface area contributed by atoms with Gasteiger partial charge in [-0.2, -0.15) is 0 Å². The minimum atomic E-state index is -1.06. The molecule has 16 nitrogen and oxygen atoms in total. The predicted molar refractivity (Wildman–Crippen MR) is 182 cm³/mol. The number of amides is 4. The maximum absolute atomic E-state index is 13.2. The number of pyridine rings is 1. The third kappa shape index (κ3) is 8.77. The number of ether oxygens (including phenoxy) is 5. The SMILES string of the molecule is Cc1ccc(=O)n(-c2ccc(OCCOCCOCCOCCn3cc(COc4cccc5c4C(=O)N(C4CCC(=O)NC4=O)C5=O)nn3)cc2)c1. The van der Waals surface area contributed by atoms with Crippen molar-refractivity contribution in [1.82, 2.24) is 29.8 Å². The molecule has 272 valence electrons. The van der Waals surface area contributed by atoms with Gasteiger partial charge in [0.15, 0.2) is 0 Å². The second-order valence-corrected chi connectivity index (χ2v) is 12.0. The average molecular weight is 715 g/mol. The summed E-state index contributed by atoms with van der Waals surface area (Å²) < 4.78 is 31.5. The minimum absolute atomic E-state index is 0.00963. The summed E-state index contributed by atoms with van der Waals surface area (Å²) in [4.78, 5) is 63.1. The van der Waals surface area contributed by atoms with Crippen molar-refractivity contribution in [3.05, 3.63) is 99.7 Å². The Morgan fingerprint density at radius 2 is 1.52 bits per heavy atom. The fourth-order valence-electron chi connectivity index (χ4n) is 5.69. The number of nitrogens with one attached hydrogen (secondary N) is 1. The molecular weight excluding hydrogens is 676 g/mol. The Bertz CT molecular complexity index is 1970. The predicted octanol–water partition coefficient (Wildman–Crippen LogP) is 1.85. The Morgan fingerprint density at radius 3 is 2.27 bits per heavy atom. The third-order valence-electron chi connectivity index (χ3n) is 8.27. The second-order valence-electron chi connectivity index (χ2n) is 12.0. The van der Waals surface area contributed by atoms with E-state index in [9.17, 15) is 24.0 Å². The smallest absolute Gasteiger partial charge is 0.266 e. The lowest BCUT2D eigenvalue weighted by Gasteiger charge is -2.27. The molecule has 52 heavy (non-hydrogen) atoms. The van der Waals surface area contributed by atoms with E-state index in [1.54, 1.807) is 45.9 Å². The summed E-state index contributed by atoms with van der Waals surface area (Å²) in [7, 11) is 0. The van der Waals surface area contributed by atoms with Crippen molar-refractivity contribution in [2.45, 2.75) is 39.0 Å². The van der Waals surface area contributed by atoms with Gasteiger partial charge in [0.2, 0.25) is 11.8 Å². The summed E-state index contributed by atoms with van der Waals surface area (Å²) in [6.07, 6.45) is 3.59. The Balaban J connectivity index is 0.819. The van der Waals surface area contributed by atoms with Crippen LogP contribution in [0.1, 0.15) is 44.8 Å². The van der Waals surface area contributed by atoms with Crippen molar-refractivity contribution in [1.29, 1.82) is 0 Å². The van der Waals surface area contributed by atoms with Crippen molar-refractivity contribution in [3.63, 3.8) is 0 Å². The second kappa shape index (κ2) is 17.0. The van der Waals surface area contributed by atoms with Gasteiger partial charge in [-0.05, 0) is 55.3 Å². The molecule has 0 aliphatic carbocycles. The number of rotatable bonds is 18. The topological polar surface area (TPSA) is 182 Å². The summed E-state index contributed by atoms with van der Waals surface area (Å²) in [6, 6.07) is 14.2. The van der Waals surface area contributed by atoms with Gasteiger partial charge in [0.25, 0.3) is 17.4 Å². The Morgan fingerprint density at radius 1 is 0.788 bits per heavy atom. The number of imide groups is 2. The van der Waals surface area contributed by atoms with E-state index in [1.165, 1.54) is 6.07 Å². The molecule has 0 spiro atoms. The van der Waals surface area contributed by atoms with Crippen LogP contribution >= 0.6 is 0 Å². The van der Waals surface area contributed by atoms with E-state index in [2.05, 4.69) is 15.6 Å². The molecule has 1 unspecified atom stereocenters. The zero-order valence-electron chi connectivity index (χ0n) is 28.5. The van der Waals surface area contributed by atoms with Crippen LogP contribution in [0.25, 0.3) is 5.69 Å². The summed E-state index contributed by atoms with van der Waals surface area (Å²) in [5, 5.41) is 10.4. The van der Waals surface area contributed by atoms with Crippen LogP contribution in [-0.2, 0) is 37.0 Å². The van der Waals surface area contributed by atoms with Crippen LogP contribution in [0.3, 0.4) is 0 Å². The van der Waals surface area contributed by atoms with Crippen LogP contribution < -0.4 is 20.3 Å². The van der Waals surface area contributed by atoms with Gasteiger partial charge in [-0.15, -0.1) is 5.10 Å². The van der Waals surface area contributed by atoms with E-state index < -0.39 is 29.7 Å². The van der Waals surface area contributed by atoms with Gasteiger partial charge in [-0.25, -0.2) is 4.68 Å². The molecule has 2 aromatic heterocycles. The quantitative estimate of drug-likeness (QED) is 0.117. The normalized spacial score (nSPS) is 15.6. The van der Waals surface area contributed by atoms with E-state index in [4.69, 9.17) is 23.7 Å². The first kappa shape index (κ1) is 36.1. The molecule has 2 aliphatic heterocycles. The largest absolute Gasteiger partial charge is 0.491 e. The molecule has 4 heterocycles. The Kier molecular flexibility index (Phi) is 11.8. The van der Waals surface area contributed by atoms with Gasteiger partial charge in [-0.1, -0.05) is 17.3 Å². The number of hydrogen-bond acceptors (Lipinski definition) is 12. The first-order valence-corrected chi connectivity index (χ1v) is 16.8. The highest BCUT2D eigenvalue weighted by Crippen LogP contribution is 2.34. The number of aryl methyl sites for hydroxylation is 1. The molecule has 4 aromatic rings. The molecule has 2 aromatic carbocycles. The highest BCUT2D eigenvalue weighted by molar-refractivity contribution is 6.24. The summed E-state index contributed by atoms with van der Waals surface area (Å²) in [5.41, 5.74) is 2.37. The first-order valence-electron chi connectivity index (χ1n) is 16.8. The first-order chi connectivity index (χ1) is 25.3. The lowest BCUT2D eigenvalue weighted by molar-refractivity contribution is -0.136. The highest BCUT2D eigenvalue weighted by Gasteiger charge is 2.46. The summed E-state index contributed by atoms with van der Waals surface area (Å²) in [6.45, 7) is 5.14. The maximum atomic E-state index is 13.2. The Hall–Kier alpha value is -5.71. The van der Waals surface area contributed by atoms with Gasteiger partial charge in [0.05, 0.1) is 63.5 Å². The molecule has 1 saturated heterocycles. The van der Waals surface area contributed by atoms with E-state index in [0.29, 0.717) is 64.2 Å². The summed E-state index contributed by atoms with van der Waals surface area (Å²) >= 11 is 0. The van der Waals surface area contributed by atoms with Crippen molar-refractivity contribution >= 4 is 23.6 Å². The molecule has 0 saturated carbocycles. The van der Waals surface area contributed by atoms with Gasteiger partial charge >= 0.3 is 0 Å². The number of carbonyl (C=O) groups is 4. The highest BCUT2D eigenvalue weighted by atomic mass is 16.6. The minimum Gasteiger partial charge on any atom is -0.491 e. The number of fused-ring (bicyclic) bond motifs is 1. The molecule has 6 rings (SSSR count). The number of hydrogen-bond donors (Lipinski definition) is 1. The van der Waals surface area contributed by atoms with Crippen LogP contribution in [0.5, 0.6) is 11.5 Å². The van der Waals surface area contributed by atoms with Gasteiger partial charge in [0, 0.05) is 24.4 Å². The maximum Gasteiger partial charge on any atom is 0.266 e. The molecule has 4 amide bonds. The number of carbonyl (C=O) groups excluding carboxylic acids is 4. The molecule has 1 N–H and O–H groups in total. The van der Waals surface area contributed by atoms with Crippen LogP contribution in [0.15, 0.2) is 71.8 Å². The molecule has 1 fully saturated rings. The molecule has 0 radical (unpaired) electrons. The standard InChI is InChI=1S/C36H38N6O10/c1-24-5-12-32(44)41(21-24)26-6-8-27(9-7-26)51-20-19-50-18-17-49-16-15-48-14-13-40-22-25(38-39-40)23-52-30-4-2-3-28-33(30)36(47)42(35(28)46)29-10-11-31(43)37-34(29)45/h2-9,12,21-22,29H,10-11,13-20,23H2,1H3,(H,37,43,45). The number of piperidine rings is 1. The molecule has 2 aliphatic rings. The molecule has 0 bridgehead atoms. The monoisotopic (exact) mass is 714 g/mol. The van der Waals surface area contributed by atoms with Crippen LogP contribution in [0, 0.1) is 6.92 Å². The van der Waals surface area contributed by atoms with Gasteiger partial charge in [-0.3, -0.25) is 38.8 Å². The number of benzene rings is 2. The fraction of sp³-hybridized carbons (Fsp3) is 0.361.